The Balaban J connectivity index is 2.07. The number of carbonyl (C=O) groups is 1. The third-order valence-electron chi connectivity index (χ3n) is 3.41. The van der Waals surface area contributed by atoms with Crippen molar-refractivity contribution < 1.29 is 17.9 Å². The van der Waals surface area contributed by atoms with E-state index >= 15 is 0 Å². The monoisotopic (exact) mass is 286 g/mol. The molecule has 0 aromatic rings. The molecule has 6 nitrogen and oxygen atoms in total. The fourth-order valence-electron chi connectivity index (χ4n) is 2.43. The van der Waals surface area contributed by atoms with Gasteiger partial charge in [0, 0.05) is 12.6 Å². The van der Waals surface area contributed by atoms with Gasteiger partial charge in [-0.3, -0.25) is 4.79 Å². The topological polar surface area (TPSA) is 75.7 Å². The standard InChI is InChI=1S/C12H18N2O4S/c1-2-5-14(10-3-7-19(16,17)9-10)12(15)11-8-18-6-4-13-11/h1,10-11,13H,3-9H2. The highest BCUT2D eigenvalue weighted by molar-refractivity contribution is 7.91. The van der Waals surface area contributed by atoms with Crippen LogP contribution in [0.4, 0.5) is 0 Å². The molecule has 2 saturated heterocycles. The first-order valence-corrected chi connectivity index (χ1v) is 8.11. The minimum absolute atomic E-state index is 0.00793. The van der Waals surface area contributed by atoms with E-state index in [1.54, 1.807) is 0 Å². The molecule has 0 radical (unpaired) electrons. The Labute approximate surface area is 113 Å². The summed E-state index contributed by atoms with van der Waals surface area (Å²) < 4.78 is 28.3. The molecule has 0 aromatic carbocycles. The maximum Gasteiger partial charge on any atom is 0.243 e. The van der Waals surface area contributed by atoms with E-state index in [-0.39, 0.29) is 30.0 Å². The first-order valence-electron chi connectivity index (χ1n) is 6.29. The molecular weight excluding hydrogens is 268 g/mol. The minimum atomic E-state index is -3.04. The number of morpholine rings is 1. The molecule has 2 unspecified atom stereocenters. The van der Waals surface area contributed by atoms with Gasteiger partial charge in [-0.2, -0.15) is 0 Å². The summed E-state index contributed by atoms with van der Waals surface area (Å²) in [5.41, 5.74) is 0. The number of hydrogen-bond donors (Lipinski definition) is 1. The van der Waals surface area contributed by atoms with Gasteiger partial charge in [0.25, 0.3) is 0 Å². The molecule has 2 aliphatic heterocycles. The third kappa shape index (κ3) is 3.47. The molecule has 0 spiro atoms. The molecule has 2 heterocycles. The van der Waals surface area contributed by atoms with Crippen molar-refractivity contribution in [2.45, 2.75) is 18.5 Å². The van der Waals surface area contributed by atoms with E-state index in [1.807, 2.05) is 0 Å². The Kier molecular flexibility index (Phi) is 4.45. The first kappa shape index (κ1) is 14.3. The fourth-order valence-corrected chi connectivity index (χ4v) is 4.16. The second-order valence-corrected chi connectivity index (χ2v) is 7.04. The fraction of sp³-hybridized carbons (Fsp3) is 0.750. The molecule has 2 rings (SSSR count). The van der Waals surface area contributed by atoms with Crippen LogP contribution in [0.5, 0.6) is 0 Å². The van der Waals surface area contributed by atoms with Crippen LogP contribution in [-0.2, 0) is 19.4 Å². The number of rotatable bonds is 3. The number of sulfone groups is 1. The van der Waals surface area contributed by atoms with Gasteiger partial charge >= 0.3 is 0 Å². The van der Waals surface area contributed by atoms with Crippen LogP contribution in [0.2, 0.25) is 0 Å². The Morgan fingerprint density at radius 1 is 1.53 bits per heavy atom. The van der Waals surface area contributed by atoms with Gasteiger partial charge in [0.2, 0.25) is 5.91 Å². The average molecular weight is 286 g/mol. The molecule has 1 amide bonds. The Morgan fingerprint density at radius 2 is 2.32 bits per heavy atom. The highest BCUT2D eigenvalue weighted by atomic mass is 32.2. The summed E-state index contributed by atoms with van der Waals surface area (Å²) in [5.74, 6) is 2.40. The lowest BCUT2D eigenvalue weighted by Crippen LogP contribution is -2.55. The van der Waals surface area contributed by atoms with E-state index in [0.29, 0.717) is 26.2 Å². The van der Waals surface area contributed by atoms with Crippen LogP contribution in [0.1, 0.15) is 6.42 Å². The predicted octanol–water partition coefficient (Wildman–Crippen LogP) is -1.38. The summed E-state index contributed by atoms with van der Waals surface area (Å²) >= 11 is 0. The van der Waals surface area contributed by atoms with Crippen LogP contribution >= 0.6 is 0 Å². The third-order valence-corrected chi connectivity index (χ3v) is 5.16. The lowest BCUT2D eigenvalue weighted by atomic mass is 10.1. The van der Waals surface area contributed by atoms with Crippen molar-refractivity contribution in [3.05, 3.63) is 0 Å². The van der Waals surface area contributed by atoms with E-state index in [4.69, 9.17) is 11.2 Å². The molecule has 0 bridgehead atoms. The zero-order chi connectivity index (χ0) is 13.9. The maximum absolute atomic E-state index is 12.4. The molecule has 0 aromatic heterocycles. The Hall–Kier alpha value is -1.10. The molecule has 0 saturated carbocycles. The van der Waals surface area contributed by atoms with Crippen LogP contribution < -0.4 is 5.32 Å². The summed E-state index contributed by atoms with van der Waals surface area (Å²) in [6.07, 6.45) is 5.75. The zero-order valence-electron chi connectivity index (χ0n) is 10.7. The number of amides is 1. The molecule has 1 N–H and O–H groups in total. The number of hydrogen-bond acceptors (Lipinski definition) is 5. The van der Waals surface area contributed by atoms with Crippen molar-refractivity contribution in [2.75, 3.05) is 37.8 Å². The number of nitrogens with zero attached hydrogens (tertiary/aromatic N) is 1. The van der Waals surface area contributed by atoms with Crippen LogP contribution in [0.25, 0.3) is 0 Å². The summed E-state index contributed by atoms with van der Waals surface area (Å²) in [5, 5.41) is 3.07. The average Bonchev–Trinajstić information content (AvgIpc) is 2.76. The molecule has 7 heteroatoms. The van der Waals surface area contributed by atoms with E-state index < -0.39 is 15.9 Å². The van der Waals surface area contributed by atoms with Gasteiger partial charge in [-0.15, -0.1) is 6.42 Å². The Morgan fingerprint density at radius 3 is 2.84 bits per heavy atom. The SMILES string of the molecule is C#CCN(C(=O)C1COCCN1)C1CCS(=O)(=O)C1. The van der Waals surface area contributed by atoms with Gasteiger partial charge in [-0.05, 0) is 6.42 Å². The summed E-state index contributed by atoms with van der Waals surface area (Å²) in [4.78, 5) is 13.9. The molecule has 106 valence electrons. The largest absolute Gasteiger partial charge is 0.378 e. The highest BCUT2D eigenvalue weighted by Crippen LogP contribution is 2.18. The highest BCUT2D eigenvalue weighted by Gasteiger charge is 2.37. The van der Waals surface area contributed by atoms with E-state index in [1.165, 1.54) is 4.90 Å². The molecule has 2 aliphatic rings. The van der Waals surface area contributed by atoms with Crippen LogP contribution in [0, 0.1) is 12.3 Å². The number of ether oxygens (including phenoxy) is 1. The van der Waals surface area contributed by atoms with Gasteiger partial charge in [0.05, 0.1) is 31.3 Å². The summed E-state index contributed by atoms with van der Waals surface area (Å²) in [6.45, 7) is 1.64. The summed E-state index contributed by atoms with van der Waals surface area (Å²) in [7, 11) is -3.04. The lowest BCUT2D eigenvalue weighted by Gasteiger charge is -2.32. The van der Waals surface area contributed by atoms with Crippen LogP contribution in [0.15, 0.2) is 0 Å². The second kappa shape index (κ2) is 5.90. The number of nitrogens with one attached hydrogen (secondary N) is 1. The molecule has 19 heavy (non-hydrogen) atoms. The predicted molar refractivity (Wildman–Crippen MR) is 70.2 cm³/mol. The molecule has 2 fully saturated rings. The number of carbonyl (C=O) groups excluding carboxylic acids is 1. The van der Waals surface area contributed by atoms with Gasteiger partial charge in [0.15, 0.2) is 9.84 Å². The van der Waals surface area contributed by atoms with Gasteiger partial charge in [-0.25, -0.2) is 8.42 Å². The summed E-state index contributed by atoms with van der Waals surface area (Å²) in [6, 6.07) is -0.734. The Bertz CT molecular complexity index is 476. The molecular formula is C12H18N2O4S. The van der Waals surface area contributed by atoms with Gasteiger partial charge < -0.3 is 15.0 Å². The first-order chi connectivity index (χ1) is 9.03. The minimum Gasteiger partial charge on any atom is -0.378 e. The van der Waals surface area contributed by atoms with Crippen molar-refractivity contribution in [3.8, 4) is 12.3 Å². The normalized spacial score (nSPS) is 29.6. The lowest BCUT2D eigenvalue weighted by molar-refractivity contribution is -0.137. The van der Waals surface area contributed by atoms with Gasteiger partial charge in [-0.1, -0.05) is 5.92 Å². The van der Waals surface area contributed by atoms with E-state index in [9.17, 15) is 13.2 Å². The zero-order valence-corrected chi connectivity index (χ0v) is 11.5. The second-order valence-electron chi connectivity index (χ2n) is 4.81. The van der Waals surface area contributed by atoms with E-state index in [0.717, 1.165) is 0 Å². The van der Waals surface area contributed by atoms with Crippen molar-refractivity contribution in [2.24, 2.45) is 0 Å². The number of terminal acetylenes is 1. The van der Waals surface area contributed by atoms with Crippen LogP contribution in [-0.4, -0.2) is 69.1 Å². The maximum atomic E-state index is 12.4. The van der Waals surface area contributed by atoms with Crippen molar-refractivity contribution in [3.63, 3.8) is 0 Å². The molecule has 2 atom stereocenters. The quantitative estimate of drug-likeness (QED) is 0.648. The van der Waals surface area contributed by atoms with Crippen molar-refractivity contribution in [1.82, 2.24) is 10.2 Å². The van der Waals surface area contributed by atoms with E-state index in [2.05, 4.69) is 11.2 Å². The van der Waals surface area contributed by atoms with Crippen molar-refractivity contribution in [1.29, 1.82) is 0 Å². The van der Waals surface area contributed by atoms with Crippen LogP contribution in [0.3, 0.4) is 0 Å². The smallest absolute Gasteiger partial charge is 0.243 e. The van der Waals surface area contributed by atoms with Gasteiger partial charge in [0.1, 0.15) is 6.04 Å². The van der Waals surface area contributed by atoms with Crippen molar-refractivity contribution >= 4 is 15.7 Å². The molecule has 0 aliphatic carbocycles.